The molecule has 1 fully saturated rings. The Hall–Kier alpha value is -2.44. The summed E-state index contributed by atoms with van der Waals surface area (Å²) in [5.41, 5.74) is 1.77. The van der Waals surface area contributed by atoms with Gasteiger partial charge in [0.2, 0.25) is 11.9 Å². The van der Waals surface area contributed by atoms with Crippen LogP contribution in [0, 0.1) is 5.92 Å². The van der Waals surface area contributed by atoms with E-state index < -0.39 is 0 Å². The van der Waals surface area contributed by atoms with Crippen LogP contribution in [0.2, 0.25) is 0 Å². The molecule has 0 radical (unpaired) electrons. The number of carbonyl (C=O) groups is 1. The molecule has 1 aliphatic rings. The first-order valence-electron chi connectivity index (χ1n) is 9.85. The van der Waals surface area contributed by atoms with Crippen LogP contribution in [0.3, 0.4) is 0 Å². The molecule has 0 saturated carbocycles. The first-order valence-corrected chi connectivity index (χ1v) is 9.85. The van der Waals surface area contributed by atoms with Gasteiger partial charge in [0, 0.05) is 54.8 Å². The number of anilines is 1. The Kier molecular flexibility index (Phi) is 5.21. The minimum atomic E-state index is -0.255. The summed E-state index contributed by atoms with van der Waals surface area (Å²) >= 11 is 0. The number of nitrogens with one attached hydrogen (secondary N) is 1. The van der Waals surface area contributed by atoms with Crippen LogP contribution in [0.25, 0.3) is 0 Å². The summed E-state index contributed by atoms with van der Waals surface area (Å²) in [4.78, 5) is 23.9. The van der Waals surface area contributed by atoms with Crippen LogP contribution in [0.5, 0.6) is 0 Å². The van der Waals surface area contributed by atoms with Gasteiger partial charge in [0.05, 0.1) is 17.9 Å². The van der Waals surface area contributed by atoms with Crippen molar-refractivity contribution >= 4 is 11.9 Å². The van der Waals surface area contributed by atoms with Gasteiger partial charge in [0.25, 0.3) is 0 Å². The van der Waals surface area contributed by atoms with Crippen LogP contribution in [-0.4, -0.2) is 42.6 Å². The summed E-state index contributed by atoms with van der Waals surface area (Å²) in [7, 11) is 1.90. The van der Waals surface area contributed by atoms with Crippen LogP contribution >= 0.6 is 0 Å². The number of likely N-dealkylation sites (tertiary alicyclic amines) is 1. The lowest BCUT2D eigenvalue weighted by molar-refractivity contribution is -0.133. The normalized spacial score (nSPS) is 20.7. The molecule has 0 aromatic carbocycles. The smallest absolute Gasteiger partial charge is 0.223 e. The highest BCUT2D eigenvalue weighted by molar-refractivity contribution is 5.80. The predicted molar refractivity (Wildman–Crippen MR) is 110 cm³/mol. The minimum absolute atomic E-state index is 0.0144. The summed E-state index contributed by atoms with van der Waals surface area (Å²) in [6.07, 6.45) is 6.16. The molecule has 3 rings (SSSR count). The molecule has 0 spiro atoms. The molecule has 1 aliphatic heterocycles. The van der Waals surface area contributed by atoms with Gasteiger partial charge in [-0.05, 0) is 26.8 Å². The Balaban J connectivity index is 1.83. The Bertz CT molecular complexity index is 845. The van der Waals surface area contributed by atoms with Crippen LogP contribution in [0.15, 0.2) is 24.7 Å². The molecule has 7 heteroatoms. The third-order valence-corrected chi connectivity index (χ3v) is 5.17. The molecule has 2 atom stereocenters. The fraction of sp³-hybridized carbons (Fsp3) is 0.619. The zero-order valence-corrected chi connectivity index (χ0v) is 18.0. The fourth-order valence-corrected chi connectivity index (χ4v) is 3.87. The largest absolute Gasteiger partial charge is 0.354 e. The van der Waals surface area contributed by atoms with Crippen molar-refractivity contribution in [3.63, 3.8) is 0 Å². The zero-order chi connectivity index (χ0) is 20.7. The van der Waals surface area contributed by atoms with E-state index >= 15 is 0 Å². The van der Waals surface area contributed by atoms with Crippen LogP contribution in [0.1, 0.15) is 65.3 Å². The van der Waals surface area contributed by atoms with Crippen LogP contribution in [-0.2, 0) is 17.3 Å². The van der Waals surface area contributed by atoms with E-state index in [9.17, 15) is 4.79 Å². The molecular formula is C21H32N6O. The maximum absolute atomic E-state index is 12.9. The Morgan fingerprint density at radius 2 is 1.93 bits per heavy atom. The van der Waals surface area contributed by atoms with Gasteiger partial charge in [-0.15, -0.1) is 0 Å². The van der Waals surface area contributed by atoms with E-state index in [2.05, 4.69) is 61.9 Å². The molecule has 2 aromatic rings. The molecule has 1 N–H and O–H groups in total. The van der Waals surface area contributed by atoms with E-state index in [-0.39, 0.29) is 28.8 Å². The second kappa shape index (κ2) is 7.18. The number of aryl methyl sites for hydroxylation is 1. The van der Waals surface area contributed by atoms with Gasteiger partial charge in [0.1, 0.15) is 0 Å². The summed E-state index contributed by atoms with van der Waals surface area (Å²) in [5, 5.41) is 7.70. The van der Waals surface area contributed by atoms with E-state index in [1.54, 1.807) is 10.9 Å². The molecule has 152 valence electrons. The van der Waals surface area contributed by atoms with Crippen molar-refractivity contribution in [3.05, 3.63) is 35.9 Å². The summed E-state index contributed by atoms with van der Waals surface area (Å²) in [5.74, 6) is 0.911. The van der Waals surface area contributed by atoms with E-state index in [0.29, 0.717) is 18.9 Å². The number of nitrogens with zero attached hydrogens (tertiary/aromatic N) is 5. The Morgan fingerprint density at radius 1 is 1.21 bits per heavy atom. The van der Waals surface area contributed by atoms with E-state index in [0.717, 1.165) is 11.3 Å². The van der Waals surface area contributed by atoms with Gasteiger partial charge >= 0.3 is 0 Å². The molecule has 7 nitrogen and oxygen atoms in total. The fourth-order valence-electron chi connectivity index (χ4n) is 3.87. The van der Waals surface area contributed by atoms with Gasteiger partial charge in [-0.2, -0.15) is 5.10 Å². The molecule has 1 saturated heterocycles. The van der Waals surface area contributed by atoms with Crippen molar-refractivity contribution in [2.45, 2.75) is 65.0 Å². The average molecular weight is 385 g/mol. The summed E-state index contributed by atoms with van der Waals surface area (Å²) in [6.45, 7) is 13.3. The Labute approximate surface area is 167 Å². The Morgan fingerprint density at radius 3 is 2.50 bits per heavy atom. The first kappa shape index (κ1) is 20.3. The van der Waals surface area contributed by atoms with Crippen LogP contribution in [0.4, 0.5) is 5.95 Å². The van der Waals surface area contributed by atoms with E-state index in [4.69, 9.17) is 0 Å². The van der Waals surface area contributed by atoms with Gasteiger partial charge in [-0.3, -0.25) is 9.48 Å². The third-order valence-electron chi connectivity index (χ3n) is 5.17. The van der Waals surface area contributed by atoms with Gasteiger partial charge < -0.3 is 10.2 Å². The lowest BCUT2D eigenvalue weighted by Gasteiger charge is -2.38. The highest BCUT2D eigenvalue weighted by atomic mass is 16.2. The number of carbonyl (C=O) groups excluding carboxylic acids is 1. The number of hydrogen-bond acceptors (Lipinski definition) is 5. The molecule has 0 bridgehead atoms. The standard InChI is InChI=1S/C21H32N6O/c1-20(2,3)16-8-9-22-19(25-16)23-11-14-10-17(28)27(21(4,5)6)18(14)15-12-24-26(7)13-15/h8-9,12-14,18H,10-11H2,1-7H3,(H,22,23,25)/t14-,18+/m1/s1. The van der Waals surface area contributed by atoms with Crippen molar-refractivity contribution in [3.8, 4) is 0 Å². The van der Waals surface area contributed by atoms with Crippen molar-refractivity contribution in [1.29, 1.82) is 0 Å². The van der Waals surface area contributed by atoms with Crippen LogP contribution < -0.4 is 5.32 Å². The van der Waals surface area contributed by atoms with E-state index in [1.165, 1.54) is 0 Å². The highest BCUT2D eigenvalue weighted by Gasteiger charge is 2.45. The van der Waals surface area contributed by atoms with Crippen molar-refractivity contribution in [1.82, 2.24) is 24.6 Å². The number of rotatable bonds is 4. The maximum Gasteiger partial charge on any atom is 0.223 e. The molecule has 1 amide bonds. The third kappa shape index (κ3) is 4.18. The average Bonchev–Trinajstić information content (AvgIpc) is 3.15. The number of amides is 1. The number of aromatic nitrogens is 4. The van der Waals surface area contributed by atoms with E-state index in [1.807, 2.05) is 30.4 Å². The molecule has 0 aliphatic carbocycles. The van der Waals surface area contributed by atoms with Crippen molar-refractivity contribution in [2.24, 2.45) is 13.0 Å². The quantitative estimate of drug-likeness (QED) is 0.875. The SMILES string of the molecule is Cn1cc([C@@H]2[C@@H](CNc3nccc(C(C)(C)C)n3)CC(=O)N2C(C)(C)C)cn1. The summed E-state index contributed by atoms with van der Waals surface area (Å²) in [6, 6.07) is 1.93. The summed E-state index contributed by atoms with van der Waals surface area (Å²) < 4.78 is 1.79. The topological polar surface area (TPSA) is 75.9 Å². The molecule has 3 heterocycles. The molecular weight excluding hydrogens is 352 g/mol. The predicted octanol–water partition coefficient (Wildman–Crippen LogP) is 3.31. The molecule has 0 unspecified atom stereocenters. The lowest BCUT2D eigenvalue weighted by atomic mass is 9.92. The van der Waals surface area contributed by atoms with Gasteiger partial charge in [-0.25, -0.2) is 9.97 Å². The first-order chi connectivity index (χ1) is 13.0. The molecule has 28 heavy (non-hydrogen) atoms. The second-order valence-corrected chi connectivity index (χ2v) is 9.69. The van der Waals surface area contributed by atoms with Gasteiger partial charge in [0.15, 0.2) is 0 Å². The zero-order valence-electron chi connectivity index (χ0n) is 18.0. The maximum atomic E-state index is 12.9. The van der Waals surface area contributed by atoms with Crippen molar-refractivity contribution in [2.75, 3.05) is 11.9 Å². The monoisotopic (exact) mass is 384 g/mol. The second-order valence-electron chi connectivity index (χ2n) is 9.69. The lowest BCUT2D eigenvalue weighted by Crippen LogP contribution is -2.44. The highest BCUT2D eigenvalue weighted by Crippen LogP contribution is 2.42. The van der Waals surface area contributed by atoms with Crippen molar-refractivity contribution < 1.29 is 4.79 Å². The van der Waals surface area contributed by atoms with Gasteiger partial charge in [-0.1, -0.05) is 20.8 Å². The molecule has 2 aromatic heterocycles. The minimum Gasteiger partial charge on any atom is -0.354 e. The number of hydrogen-bond donors (Lipinski definition) is 1.